The van der Waals surface area contributed by atoms with E-state index in [2.05, 4.69) is 16.4 Å². The highest BCUT2D eigenvalue weighted by atomic mass is 16.5. The van der Waals surface area contributed by atoms with Crippen molar-refractivity contribution >= 4 is 0 Å². The first-order valence-electron chi connectivity index (χ1n) is 6.75. The summed E-state index contributed by atoms with van der Waals surface area (Å²) in [6.45, 7) is 2.34. The second kappa shape index (κ2) is 8.17. The number of hydrogen-bond acceptors (Lipinski definition) is 4. The Morgan fingerprint density at radius 1 is 1.05 bits per heavy atom. The maximum atomic E-state index is 5.68. The first-order valence-corrected chi connectivity index (χ1v) is 6.75. The van der Waals surface area contributed by atoms with Gasteiger partial charge >= 0.3 is 0 Å². The molecule has 1 N–H and O–H groups in total. The summed E-state index contributed by atoms with van der Waals surface area (Å²) in [5.41, 5.74) is 1.24. The van der Waals surface area contributed by atoms with Gasteiger partial charge in [0.2, 0.25) is 0 Å². The lowest BCUT2D eigenvalue weighted by Crippen LogP contribution is -2.23. The molecule has 0 fully saturated rings. The third kappa shape index (κ3) is 4.55. The van der Waals surface area contributed by atoms with E-state index in [1.807, 2.05) is 36.5 Å². The average Bonchev–Trinajstić information content (AvgIpc) is 2.52. The minimum absolute atomic E-state index is 0.618. The van der Waals surface area contributed by atoms with Crippen LogP contribution in [0.15, 0.2) is 48.8 Å². The highest BCUT2D eigenvalue weighted by molar-refractivity contribution is 5.39. The van der Waals surface area contributed by atoms with E-state index < -0.39 is 0 Å². The molecule has 0 saturated heterocycles. The molecular weight excluding hydrogens is 252 g/mol. The lowest BCUT2D eigenvalue weighted by atomic mass is 10.2. The molecule has 106 valence electrons. The Morgan fingerprint density at radius 3 is 2.65 bits per heavy atom. The summed E-state index contributed by atoms with van der Waals surface area (Å²) in [6.07, 6.45) is 4.66. The van der Waals surface area contributed by atoms with E-state index in [0.29, 0.717) is 6.61 Å². The Labute approximate surface area is 119 Å². The van der Waals surface area contributed by atoms with Gasteiger partial charge in [-0.15, -0.1) is 0 Å². The smallest absolute Gasteiger partial charge is 0.161 e. The topological polar surface area (TPSA) is 43.4 Å². The summed E-state index contributed by atoms with van der Waals surface area (Å²) in [7, 11) is 1.65. The van der Waals surface area contributed by atoms with Gasteiger partial charge in [0.05, 0.1) is 7.11 Å². The molecule has 0 aliphatic rings. The number of benzene rings is 1. The predicted molar refractivity (Wildman–Crippen MR) is 79.3 cm³/mol. The van der Waals surface area contributed by atoms with Crippen molar-refractivity contribution in [1.82, 2.24) is 10.3 Å². The Morgan fingerprint density at radius 2 is 1.90 bits per heavy atom. The van der Waals surface area contributed by atoms with Crippen LogP contribution in [-0.4, -0.2) is 31.8 Å². The Kier molecular flexibility index (Phi) is 5.86. The Hall–Kier alpha value is -2.07. The van der Waals surface area contributed by atoms with Crippen LogP contribution in [0.5, 0.6) is 11.5 Å². The van der Waals surface area contributed by atoms with Gasteiger partial charge in [-0.05, 0) is 36.7 Å². The van der Waals surface area contributed by atoms with E-state index in [4.69, 9.17) is 9.47 Å². The van der Waals surface area contributed by atoms with Gasteiger partial charge in [-0.25, -0.2) is 0 Å². The van der Waals surface area contributed by atoms with Crippen molar-refractivity contribution in [2.75, 3.05) is 26.8 Å². The van der Waals surface area contributed by atoms with E-state index in [-0.39, 0.29) is 0 Å². The van der Waals surface area contributed by atoms with E-state index >= 15 is 0 Å². The van der Waals surface area contributed by atoms with E-state index in [1.165, 1.54) is 5.56 Å². The Bertz CT molecular complexity index is 503. The van der Waals surface area contributed by atoms with Gasteiger partial charge in [-0.1, -0.05) is 18.2 Å². The first-order chi connectivity index (χ1) is 9.90. The summed E-state index contributed by atoms with van der Waals surface area (Å²) in [6, 6.07) is 11.7. The first kappa shape index (κ1) is 14.3. The summed E-state index contributed by atoms with van der Waals surface area (Å²) < 4.78 is 10.9. The standard InChI is InChI=1S/C16H20N2O2/c1-19-15-6-2-3-7-16(15)20-12-11-17-10-8-14-5-4-9-18-13-14/h2-7,9,13,17H,8,10-12H2,1H3. The molecule has 2 rings (SSSR count). The third-order valence-electron chi connectivity index (χ3n) is 2.92. The summed E-state index contributed by atoms with van der Waals surface area (Å²) in [5.74, 6) is 1.55. The fraction of sp³-hybridized carbons (Fsp3) is 0.312. The lowest BCUT2D eigenvalue weighted by molar-refractivity contribution is 0.292. The summed E-state index contributed by atoms with van der Waals surface area (Å²) >= 11 is 0. The van der Waals surface area contributed by atoms with Crippen molar-refractivity contribution in [3.8, 4) is 11.5 Å². The van der Waals surface area contributed by atoms with E-state index in [0.717, 1.165) is 31.0 Å². The van der Waals surface area contributed by atoms with Crippen molar-refractivity contribution < 1.29 is 9.47 Å². The van der Waals surface area contributed by atoms with Gasteiger partial charge in [0.15, 0.2) is 11.5 Å². The van der Waals surface area contributed by atoms with Crippen LogP contribution in [-0.2, 0) is 6.42 Å². The highest BCUT2D eigenvalue weighted by Gasteiger charge is 2.01. The molecule has 0 aliphatic heterocycles. The van der Waals surface area contributed by atoms with Crippen LogP contribution in [0.1, 0.15) is 5.56 Å². The number of methoxy groups -OCH3 is 1. The summed E-state index contributed by atoms with van der Waals surface area (Å²) in [4.78, 5) is 4.09. The number of aromatic nitrogens is 1. The second-order valence-corrected chi connectivity index (χ2v) is 4.36. The lowest BCUT2D eigenvalue weighted by Gasteiger charge is -2.10. The van der Waals surface area contributed by atoms with E-state index in [9.17, 15) is 0 Å². The second-order valence-electron chi connectivity index (χ2n) is 4.36. The zero-order chi connectivity index (χ0) is 14.0. The fourth-order valence-electron chi connectivity index (χ4n) is 1.87. The van der Waals surface area contributed by atoms with Crippen molar-refractivity contribution in [1.29, 1.82) is 0 Å². The number of ether oxygens (including phenoxy) is 2. The molecule has 4 heteroatoms. The molecule has 0 aliphatic carbocycles. The van der Waals surface area contributed by atoms with Crippen LogP contribution in [0.4, 0.5) is 0 Å². The fourth-order valence-corrected chi connectivity index (χ4v) is 1.87. The number of nitrogens with zero attached hydrogens (tertiary/aromatic N) is 1. The van der Waals surface area contributed by atoms with Gasteiger partial charge < -0.3 is 14.8 Å². The molecule has 1 aromatic carbocycles. The third-order valence-corrected chi connectivity index (χ3v) is 2.92. The molecule has 0 amide bonds. The highest BCUT2D eigenvalue weighted by Crippen LogP contribution is 2.25. The van der Waals surface area contributed by atoms with Crippen molar-refractivity contribution in [2.24, 2.45) is 0 Å². The number of rotatable bonds is 8. The van der Waals surface area contributed by atoms with Crippen molar-refractivity contribution in [2.45, 2.75) is 6.42 Å². The molecule has 0 bridgehead atoms. The number of hydrogen-bond donors (Lipinski definition) is 1. The molecule has 4 nitrogen and oxygen atoms in total. The molecule has 1 heterocycles. The minimum atomic E-state index is 0.618. The van der Waals surface area contributed by atoms with Gasteiger partial charge in [-0.2, -0.15) is 0 Å². The largest absolute Gasteiger partial charge is 0.493 e. The number of nitrogens with one attached hydrogen (secondary N) is 1. The molecule has 1 aromatic heterocycles. The molecular formula is C16H20N2O2. The average molecular weight is 272 g/mol. The summed E-state index contributed by atoms with van der Waals surface area (Å²) in [5, 5.41) is 3.35. The Balaban J connectivity index is 1.62. The zero-order valence-electron chi connectivity index (χ0n) is 11.7. The van der Waals surface area contributed by atoms with Gasteiger partial charge in [0.25, 0.3) is 0 Å². The molecule has 0 spiro atoms. The quantitative estimate of drug-likeness (QED) is 0.749. The van der Waals surface area contributed by atoms with Crippen LogP contribution >= 0.6 is 0 Å². The van der Waals surface area contributed by atoms with Gasteiger partial charge in [-0.3, -0.25) is 4.98 Å². The minimum Gasteiger partial charge on any atom is -0.493 e. The SMILES string of the molecule is COc1ccccc1OCCNCCc1cccnc1. The van der Waals surface area contributed by atoms with Gasteiger partial charge in [0.1, 0.15) is 6.61 Å². The maximum absolute atomic E-state index is 5.68. The molecule has 0 saturated carbocycles. The monoisotopic (exact) mass is 272 g/mol. The predicted octanol–water partition coefficient (Wildman–Crippen LogP) is 2.30. The van der Waals surface area contributed by atoms with Crippen LogP contribution in [0, 0.1) is 0 Å². The maximum Gasteiger partial charge on any atom is 0.161 e. The zero-order valence-corrected chi connectivity index (χ0v) is 11.7. The van der Waals surface area contributed by atoms with Crippen LogP contribution < -0.4 is 14.8 Å². The van der Waals surface area contributed by atoms with Crippen molar-refractivity contribution in [3.63, 3.8) is 0 Å². The normalized spacial score (nSPS) is 10.2. The van der Waals surface area contributed by atoms with E-state index in [1.54, 1.807) is 13.3 Å². The molecule has 0 atom stereocenters. The molecule has 2 aromatic rings. The number of para-hydroxylation sites is 2. The van der Waals surface area contributed by atoms with Crippen LogP contribution in [0.3, 0.4) is 0 Å². The number of pyridine rings is 1. The van der Waals surface area contributed by atoms with Crippen LogP contribution in [0.2, 0.25) is 0 Å². The molecule has 20 heavy (non-hydrogen) atoms. The van der Waals surface area contributed by atoms with Gasteiger partial charge in [0, 0.05) is 18.9 Å². The molecule has 0 radical (unpaired) electrons. The molecule has 0 unspecified atom stereocenters. The van der Waals surface area contributed by atoms with Crippen molar-refractivity contribution in [3.05, 3.63) is 54.4 Å². The van der Waals surface area contributed by atoms with Crippen LogP contribution in [0.25, 0.3) is 0 Å².